The largest absolute Gasteiger partial charge is 0.389 e. The first-order valence-corrected chi connectivity index (χ1v) is 6.98. The van der Waals surface area contributed by atoms with Gasteiger partial charge in [-0.25, -0.2) is 0 Å². The minimum atomic E-state index is -0.365. The molecule has 0 heterocycles. The Balaban J connectivity index is 1.95. The van der Waals surface area contributed by atoms with Gasteiger partial charge in [0, 0.05) is 6.54 Å². The van der Waals surface area contributed by atoms with Crippen molar-refractivity contribution in [3.05, 3.63) is 0 Å². The van der Waals surface area contributed by atoms with Gasteiger partial charge in [0.15, 0.2) is 0 Å². The molecule has 0 radical (unpaired) electrons. The molecular formula is C14H29NO2. The first kappa shape index (κ1) is 14.9. The van der Waals surface area contributed by atoms with E-state index in [0.29, 0.717) is 24.7 Å². The van der Waals surface area contributed by atoms with Crippen molar-refractivity contribution in [2.75, 3.05) is 19.7 Å². The Labute approximate surface area is 106 Å². The second-order valence-corrected chi connectivity index (χ2v) is 6.41. The molecule has 1 fully saturated rings. The van der Waals surface area contributed by atoms with Crippen LogP contribution in [0.4, 0.5) is 0 Å². The van der Waals surface area contributed by atoms with Crippen molar-refractivity contribution in [1.82, 2.24) is 5.32 Å². The molecule has 102 valence electrons. The van der Waals surface area contributed by atoms with Crippen LogP contribution in [0, 0.1) is 5.41 Å². The average molecular weight is 243 g/mol. The van der Waals surface area contributed by atoms with Gasteiger partial charge in [0.05, 0.1) is 18.8 Å². The molecule has 0 aliphatic heterocycles. The molecule has 0 spiro atoms. The lowest BCUT2D eigenvalue weighted by atomic mass is 9.92. The molecule has 0 aromatic heterocycles. The van der Waals surface area contributed by atoms with Crippen molar-refractivity contribution in [3.63, 3.8) is 0 Å². The predicted molar refractivity (Wildman–Crippen MR) is 71.2 cm³/mol. The summed E-state index contributed by atoms with van der Waals surface area (Å²) in [6.07, 6.45) is 6.07. The Kier molecular flexibility index (Phi) is 6.45. The van der Waals surface area contributed by atoms with E-state index in [1.54, 1.807) is 0 Å². The summed E-state index contributed by atoms with van der Waals surface area (Å²) < 4.78 is 5.67. The third-order valence-corrected chi connectivity index (χ3v) is 3.26. The van der Waals surface area contributed by atoms with Gasteiger partial charge in [-0.1, -0.05) is 33.6 Å². The summed E-state index contributed by atoms with van der Waals surface area (Å²) in [6, 6.07) is 0. The van der Waals surface area contributed by atoms with E-state index in [1.165, 1.54) is 25.7 Å². The van der Waals surface area contributed by atoms with Crippen LogP contribution in [0.1, 0.15) is 52.9 Å². The highest BCUT2D eigenvalue weighted by atomic mass is 16.5. The third kappa shape index (κ3) is 7.74. The predicted octanol–water partition coefficient (Wildman–Crippen LogP) is 2.33. The van der Waals surface area contributed by atoms with Gasteiger partial charge in [-0.05, 0) is 31.2 Å². The fourth-order valence-electron chi connectivity index (χ4n) is 2.09. The van der Waals surface area contributed by atoms with Crippen LogP contribution in [0.15, 0.2) is 0 Å². The lowest BCUT2D eigenvalue weighted by Gasteiger charge is -2.20. The van der Waals surface area contributed by atoms with Crippen LogP contribution in [0.3, 0.4) is 0 Å². The molecule has 1 unspecified atom stereocenters. The summed E-state index contributed by atoms with van der Waals surface area (Å²) in [7, 11) is 0. The summed E-state index contributed by atoms with van der Waals surface area (Å²) >= 11 is 0. The van der Waals surface area contributed by atoms with Crippen molar-refractivity contribution in [2.45, 2.75) is 65.1 Å². The molecule has 3 heteroatoms. The molecule has 1 saturated carbocycles. The number of nitrogens with one attached hydrogen (secondary N) is 1. The van der Waals surface area contributed by atoms with Gasteiger partial charge in [0.25, 0.3) is 0 Å². The van der Waals surface area contributed by atoms with Crippen LogP contribution < -0.4 is 5.32 Å². The van der Waals surface area contributed by atoms with Crippen LogP contribution >= 0.6 is 0 Å². The van der Waals surface area contributed by atoms with Gasteiger partial charge >= 0.3 is 0 Å². The van der Waals surface area contributed by atoms with E-state index in [2.05, 4.69) is 26.1 Å². The zero-order valence-corrected chi connectivity index (χ0v) is 11.7. The minimum Gasteiger partial charge on any atom is -0.389 e. The number of hydrogen-bond acceptors (Lipinski definition) is 3. The van der Waals surface area contributed by atoms with Crippen LogP contribution in [-0.2, 0) is 4.74 Å². The molecule has 0 aromatic rings. The molecule has 1 atom stereocenters. The van der Waals surface area contributed by atoms with Crippen molar-refractivity contribution in [3.8, 4) is 0 Å². The highest BCUT2D eigenvalue weighted by molar-refractivity contribution is 4.69. The molecule has 0 saturated heterocycles. The maximum Gasteiger partial charge on any atom is 0.0897 e. The maximum absolute atomic E-state index is 9.75. The van der Waals surface area contributed by atoms with E-state index in [-0.39, 0.29) is 6.10 Å². The third-order valence-electron chi connectivity index (χ3n) is 3.26. The van der Waals surface area contributed by atoms with E-state index in [1.807, 2.05) is 0 Å². The number of aliphatic hydroxyl groups is 1. The zero-order valence-electron chi connectivity index (χ0n) is 11.7. The molecule has 1 aliphatic rings. The monoisotopic (exact) mass is 243 g/mol. The minimum absolute atomic E-state index is 0.359. The maximum atomic E-state index is 9.75. The van der Waals surface area contributed by atoms with E-state index >= 15 is 0 Å². The first-order chi connectivity index (χ1) is 7.97. The van der Waals surface area contributed by atoms with Crippen molar-refractivity contribution in [1.29, 1.82) is 0 Å². The smallest absolute Gasteiger partial charge is 0.0897 e. The fourth-order valence-corrected chi connectivity index (χ4v) is 2.09. The molecule has 1 rings (SSSR count). The molecule has 0 amide bonds. The number of hydrogen-bond donors (Lipinski definition) is 2. The molecule has 2 N–H and O–H groups in total. The molecule has 1 aliphatic carbocycles. The Morgan fingerprint density at radius 1 is 1.29 bits per heavy atom. The summed E-state index contributed by atoms with van der Waals surface area (Å²) in [5.74, 6) is 0. The average Bonchev–Trinajstić information content (AvgIpc) is 2.73. The van der Waals surface area contributed by atoms with E-state index in [9.17, 15) is 5.11 Å². The normalized spacial score (nSPS) is 19.8. The summed E-state index contributed by atoms with van der Waals surface area (Å²) in [6.45, 7) is 8.77. The number of aliphatic hydroxyl groups excluding tert-OH is 1. The van der Waals surface area contributed by atoms with E-state index < -0.39 is 0 Å². The van der Waals surface area contributed by atoms with Crippen molar-refractivity contribution >= 4 is 0 Å². The van der Waals surface area contributed by atoms with E-state index in [4.69, 9.17) is 4.74 Å². The van der Waals surface area contributed by atoms with Crippen LogP contribution in [0.5, 0.6) is 0 Å². The highest BCUT2D eigenvalue weighted by Crippen LogP contribution is 2.20. The van der Waals surface area contributed by atoms with Crippen molar-refractivity contribution in [2.24, 2.45) is 5.41 Å². The van der Waals surface area contributed by atoms with Gasteiger partial charge < -0.3 is 15.2 Å². The fraction of sp³-hybridized carbons (Fsp3) is 1.00. The molecule has 0 bridgehead atoms. The Bertz CT molecular complexity index is 195. The quantitative estimate of drug-likeness (QED) is 0.674. The Morgan fingerprint density at radius 3 is 2.53 bits per heavy atom. The summed E-state index contributed by atoms with van der Waals surface area (Å²) in [4.78, 5) is 0. The van der Waals surface area contributed by atoms with Crippen LogP contribution in [0.2, 0.25) is 0 Å². The molecule has 3 nitrogen and oxygen atoms in total. The van der Waals surface area contributed by atoms with Crippen molar-refractivity contribution < 1.29 is 9.84 Å². The lowest BCUT2D eigenvalue weighted by molar-refractivity contribution is -0.00549. The SMILES string of the molecule is CC(C)(C)CCNCC(O)COC1CCCC1. The zero-order chi connectivity index (χ0) is 12.7. The second kappa shape index (κ2) is 7.34. The van der Waals surface area contributed by atoms with Gasteiger partial charge in [0.2, 0.25) is 0 Å². The van der Waals surface area contributed by atoms with Gasteiger partial charge in [-0.3, -0.25) is 0 Å². The Morgan fingerprint density at radius 2 is 1.94 bits per heavy atom. The van der Waals surface area contributed by atoms with Gasteiger partial charge in [-0.15, -0.1) is 0 Å². The summed E-state index contributed by atoms with van der Waals surface area (Å²) in [5.41, 5.74) is 0.359. The van der Waals surface area contributed by atoms with E-state index in [0.717, 1.165) is 13.0 Å². The number of ether oxygens (including phenoxy) is 1. The summed E-state index contributed by atoms with van der Waals surface area (Å²) in [5, 5.41) is 13.0. The lowest BCUT2D eigenvalue weighted by Crippen LogP contribution is -2.33. The second-order valence-electron chi connectivity index (χ2n) is 6.41. The van der Waals surface area contributed by atoms with Gasteiger partial charge in [-0.2, -0.15) is 0 Å². The van der Waals surface area contributed by atoms with Crippen LogP contribution in [-0.4, -0.2) is 37.0 Å². The molecular weight excluding hydrogens is 214 g/mol. The molecule has 17 heavy (non-hydrogen) atoms. The Hall–Kier alpha value is -0.120. The topological polar surface area (TPSA) is 41.5 Å². The number of rotatable bonds is 7. The van der Waals surface area contributed by atoms with Gasteiger partial charge in [0.1, 0.15) is 0 Å². The molecule has 0 aromatic carbocycles. The van der Waals surface area contributed by atoms with Crippen LogP contribution in [0.25, 0.3) is 0 Å². The first-order valence-electron chi connectivity index (χ1n) is 6.98. The highest BCUT2D eigenvalue weighted by Gasteiger charge is 2.16. The standard InChI is InChI=1S/C14H29NO2/c1-14(2,3)8-9-15-10-12(16)11-17-13-6-4-5-7-13/h12-13,15-16H,4-11H2,1-3H3.